The highest BCUT2D eigenvalue weighted by Crippen LogP contribution is 2.13. The predicted molar refractivity (Wildman–Crippen MR) is 251 cm³/mol. The summed E-state index contributed by atoms with van der Waals surface area (Å²) >= 11 is 0. The first-order valence-electron chi connectivity index (χ1n) is 24.4. The minimum Gasteiger partial charge on any atom is -0.462 e. The van der Waals surface area contributed by atoms with E-state index < -0.39 is 12.1 Å². The van der Waals surface area contributed by atoms with Crippen LogP contribution >= 0.6 is 0 Å². The molecule has 0 rings (SSSR count). The highest BCUT2D eigenvalue weighted by atomic mass is 16.6. The molecule has 0 aromatic rings. The topological polar surface area (TPSA) is 78.9 Å². The average molecular weight is 823 g/mol. The molecule has 0 saturated carbocycles. The molecule has 6 nitrogen and oxygen atoms in total. The molecule has 0 aromatic carbocycles. The van der Waals surface area contributed by atoms with Gasteiger partial charge in [0.25, 0.3) is 0 Å². The van der Waals surface area contributed by atoms with E-state index in [0.717, 1.165) is 57.8 Å². The molecule has 1 unspecified atom stereocenters. The number of ether oxygens (including phenoxy) is 3. The first kappa shape index (κ1) is 55.9. The van der Waals surface area contributed by atoms with Crippen molar-refractivity contribution in [3.8, 4) is 0 Å². The zero-order valence-electron chi connectivity index (χ0n) is 38.5. The van der Waals surface area contributed by atoms with Gasteiger partial charge < -0.3 is 14.2 Å². The van der Waals surface area contributed by atoms with Crippen molar-refractivity contribution in [3.05, 3.63) is 72.9 Å². The maximum atomic E-state index is 12.7. The molecule has 0 bridgehead atoms. The second kappa shape index (κ2) is 47.5. The molecule has 0 fully saturated rings. The molecular formula is C53H90O6. The third-order valence-corrected chi connectivity index (χ3v) is 10.2. The minimum atomic E-state index is -0.825. The van der Waals surface area contributed by atoms with Gasteiger partial charge in [0.15, 0.2) is 6.10 Å². The van der Waals surface area contributed by atoms with Crippen LogP contribution in [0.15, 0.2) is 72.9 Å². The van der Waals surface area contributed by atoms with Gasteiger partial charge >= 0.3 is 17.9 Å². The molecule has 6 heteroatoms. The largest absolute Gasteiger partial charge is 0.462 e. The van der Waals surface area contributed by atoms with Crippen LogP contribution in [0, 0.1) is 0 Å². The molecule has 0 aliphatic heterocycles. The lowest BCUT2D eigenvalue weighted by atomic mass is 10.1. The maximum Gasteiger partial charge on any atom is 0.306 e. The Morgan fingerprint density at radius 1 is 0.356 bits per heavy atom. The van der Waals surface area contributed by atoms with Crippen molar-refractivity contribution in [1.29, 1.82) is 0 Å². The SMILES string of the molecule is CC/C=C\C/C=C\C/C=C\CCCC(=O)OCC(COC(=O)CCCCCCCCC/C=C\CCCCCCCC)OC(=O)CC/C=C\C/C=C\CCCCCCCC. The van der Waals surface area contributed by atoms with Gasteiger partial charge in [-0.15, -0.1) is 0 Å². The summed E-state index contributed by atoms with van der Waals surface area (Å²) in [6.07, 6.45) is 59.1. The van der Waals surface area contributed by atoms with Crippen LogP contribution in [0.2, 0.25) is 0 Å². The molecule has 338 valence electrons. The van der Waals surface area contributed by atoms with Crippen LogP contribution in [0.1, 0.15) is 226 Å². The molecule has 0 amide bonds. The van der Waals surface area contributed by atoms with E-state index >= 15 is 0 Å². The fourth-order valence-electron chi connectivity index (χ4n) is 6.51. The summed E-state index contributed by atoms with van der Waals surface area (Å²) in [7, 11) is 0. The first-order valence-corrected chi connectivity index (χ1v) is 24.4. The lowest BCUT2D eigenvalue weighted by Gasteiger charge is -2.18. The van der Waals surface area contributed by atoms with Crippen molar-refractivity contribution in [2.24, 2.45) is 0 Å². The molecule has 0 spiro atoms. The zero-order valence-corrected chi connectivity index (χ0v) is 38.5. The standard InChI is InChI=1S/C53H90O6/c1-4-7-10-13-16-19-22-24-25-26-27-29-31-34-37-40-43-46-52(55)58-49-50(48-57-51(54)45-42-39-36-33-30-21-18-15-12-9-6-3)59-53(56)47-44-41-38-35-32-28-23-20-17-14-11-8-5-2/h9,12,18,21,24-25,28,32-33,36,38,41,50H,4-8,10-11,13-17,19-20,22-23,26-27,29-31,34-35,37,39-40,42-49H2,1-3H3/b12-9-,21-18-,25-24-,32-28-,36-33-,41-38-. The maximum absolute atomic E-state index is 12.7. The van der Waals surface area contributed by atoms with Gasteiger partial charge in [-0.1, -0.05) is 190 Å². The second-order valence-electron chi connectivity index (χ2n) is 16.0. The van der Waals surface area contributed by atoms with Crippen molar-refractivity contribution >= 4 is 17.9 Å². The van der Waals surface area contributed by atoms with E-state index in [-0.39, 0.29) is 38.0 Å². The third-order valence-electron chi connectivity index (χ3n) is 10.2. The average Bonchev–Trinajstić information content (AvgIpc) is 3.23. The number of esters is 3. The number of carbonyl (C=O) groups excluding carboxylic acids is 3. The Kier molecular flexibility index (Phi) is 45.0. The summed E-state index contributed by atoms with van der Waals surface area (Å²) in [4.78, 5) is 37.8. The molecule has 0 aromatic heterocycles. The highest BCUT2D eigenvalue weighted by Gasteiger charge is 2.19. The monoisotopic (exact) mass is 823 g/mol. The highest BCUT2D eigenvalue weighted by molar-refractivity contribution is 5.71. The molecular weight excluding hydrogens is 733 g/mol. The molecule has 0 aliphatic carbocycles. The van der Waals surface area contributed by atoms with E-state index in [9.17, 15) is 14.4 Å². The van der Waals surface area contributed by atoms with Crippen LogP contribution < -0.4 is 0 Å². The number of hydrogen-bond acceptors (Lipinski definition) is 6. The quantitative estimate of drug-likeness (QED) is 0.0264. The van der Waals surface area contributed by atoms with Crippen molar-refractivity contribution in [1.82, 2.24) is 0 Å². The molecule has 1 atom stereocenters. The van der Waals surface area contributed by atoms with Gasteiger partial charge in [-0.25, -0.2) is 0 Å². The van der Waals surface area contributed by atoms with E-state index in [1.165, 1.54) is 116 Å². The van der Waals surface area contributed by atoms with Crippen molar-refractivity contribution in [2.75, 3.05) is 13.2 Å². The molecule has 0 aliphatic rings. The summed E-state index contributed by atoms with van der Waals surface area (Å²) < 4.78 is 16.6. The minimum absolute atomic E-state index is 0.116. The van der Waals surface area contributed by atoms with E-state index in [1.807, 2.05) is 6.08 Å². The van der Waals surface area contributed by atoms with Gasteiger partial charge in [0.1, 0.15) is 13.2 Å². The van der Waals surface area contributed by atoms with Gasteiger partial charge in [0, 0.05) is 19.3 Å². The number of rotatable bonds is 43. The van der Waals surface area contributed by atoms with Crippen LogP contribution in [-0.2, 0) is 28.6 Å². The Labute approximate surface area is 363 Å². The summed E-state index contributed by atoms with van der Waals surface area (Å²) in [5.41, 5.74) is 0. The van der Waals surface area contributed by atoms with Crippen molar-refractivity contribution in [2.45, 2.75) is 232 Å². The van der Waals surface area contributed by atoms with Gasteiger partial charge in [-0.3, -0.25) is 14.4 Å². The van der Waals surface area contributed by atoms with Gasteiger partial charge in [-0.05, 0) is 89.9 Å². The number of unbranched alkanes of at least 4 members (excludes halogenated alkanes) is 20. The molecule has 59 heavy (non-hydrogen) atoms. The molecule has 0 heterocycles. The molecule has 0 N–H and O–H groups in total. The zero-order chi connectivity index (χ0) is 43.0. The fourth-order valence-corrected chi connectivity index (χ4v) is 6.51. The van der Waals surface area contributed by atoms with E-state index in [2.05, 4.69) is 87.6 Å². The molecule has 0 saturated heterocycles. The first-order chi connectivity index (χ1) is 29.0. The number of carbonyl (C=O) groups is 3. The lowest BCUT2D eigenvalue weighted by Crippen LogP contribution is -2.30. The summed E-state index contributed by atoms with van der Waals surface area (Å²) in [5.74, 6) is -1.05. The Morgan fingerprint density at radius 3 is 1.19 bits per heavy atom. The van der Waals surface area contributed by atoms with Gasteiger partial charge in [-0.2, -0.15) is 0 Å². The Bertz CT molecular complexity index is 1130. The predicted octanol–water partition coefficient (Wildman–Crippen LogP) is 15.9. The van der Waals surface area contributed by atoms with E-state index in [0.29, 0.717) is 19.3 Å². The molecule has 0 radical (unpaired) electrons. The Balaban J connectivity index is 4.47. The van der Waals surface area contributed by atoms with Crippen LogP contribution in [0.25, 0.3) is 0 Å². The number of allylic oxidation sites excluding steroid dienone is 12. The Morgan fingerprint density at radius 2 is 0.712 bits per heavy atom. The lowest BCUT2D eigenvalue weighted by molar-refractivity contribution is -0.166. The summed E-state index contributed by atoms with van der Waals surface area (Å²) in [6.45, 7) is 6.39. The van der Waals surface area contributed by atoms with Crippen LogP contribution in [0.5, 0.6) is 0 Å². The van der Waals surface area contributed by atoms with E-state index in [4.69, 9.17) is 14.2 Å². The number of hydrogen-bond donors (Lipinski definition) is 0. The van der Waals surface area contributed by atoms with Gasteiger partial charge in [0.2, 0.25) is 0 Å². The fraction of sp³-hybridized carbons (Fsp3) is 0.717. The van der Waals surface area contributed by atoms with Crippen LogP contribution in [0.4, 0.5) is 0 Å². The van der Waals surface area contributed by atoms with Crippen LogP contribution in [-0.4, -0.2) is 37.2 Å². The smallest absolute Gasteiger partial charge is 0.306 e. The summed E-state index contributed by atoms with van der Waals surface area (Å²) in [5, 5.41) is 0. The third kappa shape index (κ3) is 45.8. The normalized spacial score (nSPS) is 12.7. The Hall–Kier alpha value is -3.15. The van der Waals surface area contributed by atoms with Crippen molar-refractivity contribution in [3.63, 3.8) is 0 Å². The van der Waals surface area contributed by atoms with Crippen LogP contribution in [0.3, 0.4) is 0 Å². The van der Waals surface area contributed by atoms with E-state index in [1.54, 1.807) is 0 Å². The van der Waals surface area contributed by atoms with Crippen molar-refractivity contribution < 1.29 is 28.6 Å². The second-order valence-corrected chi connectivity index (χ2v) is 16.0. The summed E-state index contributed by atoms with van der Waals surface area (Å²) in [6, 6.07) is 0. The van der Waals surface area contributed by atoms with Gasteiger partial charge in [0.05, 0.1) is 0 Å².